The highest BCUT2D eigenvalue weighted by Crippen LogP contribution is 2.49. The van der Waals surface area contributed by atoms with Crippen molar-refractivity contribution in [1.82, 2.24) is 15.3 Å². The van der Waals surface area contributed by atoms with Crippen LogP contribution in [0.25, 0.3) is 11.3 Å². The summed E-state index contributed by atoms with van der Waals surface area (Å²) >= 11 is 1.37. The van der Waals surface area contributed by atoms with Gasteiger partial charge in [-0.3, -0.25) is 14.6 Å². The molecule has 0 bridgehead atoms. The van der Waals surface area contributed by atoms with Gasteiger partial charge in [-0.05, 0) is 73.8 Å². The lowest BCUT2D eigenvalue weighted by molar-refractivity contribution is -0.143. The van der Waals surface area contributed by atoms with E-state index in [9.17, 15) is 9.59 Å². The Hall–Kier alpha value is -4.28. The van der Waals surface area contributed by atoms with Crippen LogP contribution < -0.4 is 20.1 Å². The van der Waals surface area contributed by atoms with Crippen LogP contribution in [-0.4, -0.2) is 49.7 Å². The van der Waals surface area contributed by atoms with Crippen LogP contribution in [0, 0.1) is 0 Å². The number of likely N-dealkylation sites (N-methyl/N-ethyl adjacent to an activating group) is 1. The average molecular weight is 573 g/mol. The largest absolute Gasteiger partial charge is 0.493 e. The first-order valence-corrected chi connectivity index (χ1v) is 14.2. The molecule has 41 heavy (non-hydrogen) atoms. The second-order valence-electron chi connectivity index (χ2n) is 9.82. The van der Waals surface area contributed by atoms with Crippen LogP contribution in [0.15, 0.2) is 66.3 Å². The van der Waals surface area contributed by atoms with Gasteiger partial charge in [-0.15, -0.1) is 11.3 Å². The summed E-state index contributed by atoms with van der Waals surface area (Å²) in [5.74, 6) is 1.26. The van der Waals surface area contributed by atoms with Crippen molar-refractivity contribution in [2.45, 2.75) is 31.1 Å². The van der Waals surface area contributed by atoms with Crippen LogP contribution in [-0.2, 0) is 32.6 Å². The third-order valence-corrected chi connectivity index (χ3v) is 7.87. The molecule has 1 saturated carbocycles. The lowest BCUT2D eigenvalue weighted by Gasteiger charge is -2.16. The molecule has 0 saturated heterocycles. The Balaban J connectivity index is 1.33. The summed E-state index contributed by atoms with van der Waals surface area (Å²) in [6.45, 7) is 0.750. The molecule has 4 aromatic rings. The van der Waals surface area contributed by atoms with Gasteiger partial charge in [-0.25, -0.2) is 4.98 Å². The van der Waals surface area contributed by atoms with E-state index in [-0.39, 0.29) is 18.3 Å². The van der Waals surface area contributed by atoms with Crippen molar-refractivity contribution in [1.29, 1.82) is 0 Å². The van der Waals surface area contributed by atoms with Gasteiger partial charge in [0.15, 0.2) is 16.6 Å². The van der Waals surface area contributed by atoms with Crippen molar-refractivity contribution in [3.63, 3.8) is 0 Å². The van der Waals surface area contributed by atoms with Gasteiger partial charge < -0.3 is 24.8 Å². The molecule has 2 heterocycles. The Bertz CT molecular complexity index is 1500. The summed E-state index contributed by atoms with van der Waals surface area (Å²) in [6, 6.07) is 15.4. The maximum atomic E-state index is 12.8. The molecule has 1 fully saturated rings. The van der Waals surface area contributed by atoms with E-state index in [1.165, 1.54) is 18.4 Å². The number of pyridine rings is 1. The molecule has 1 aliphatic rings. The van der Waals surface area contributed by atoms with E-state index in [4.69, 9.17) is 14.2 Å². The van der Waals surface area contributed by atoms with Crippen LogP contribution in [0.4, 0.5) is 5.13 Å². The van der Waals surface area contributed by atoms with Crippen LogP contribution in [0.2, 0.25) is 0 Å². The number of carbonyl (C=O) groups excluding carboxylic acids is 2. The molecule has 0 atom stereocenters. The molecular weight excluding hydrogens is 540 g/mol. The third kappa shape index (κ3) is 6.39. The Kier molecular flexibility index (Phi) is 8.61. The van der Waals surface area contributed by atoms with Crippen LogP contribution in [0.3, 0.4) is 0 Å². The van der Waals surface area contributed by atoms with Gasteiger partial charge in [0.2, 0.25) is 5.91 Å². The first-order chi connectivity index (χ1) is 20.0. The predicted molar refractivity (Wildman–Crippen MR) is 158 cm³/mol. The molecule has 9 nitrogen and oxygen atoms in total. The van der Waals surface area contributed by atoms with Crippen LogP contribution in [0.1, 0.15) is 29.5 Å². The van der Waals surface area contributed by atoms with E-state index in [1.807, 2.05) is 61.0 Å². The second-order valence-corrected chi connectivity index (χ2v) is 10.7. The SMILES string of the molecule is CNCCc1cc(OC)c(Oc2ccc(-c3ccc(C4(C(=O)OC)CC4)cc3)nc2)cc1CC(=O)Nc1nccs1. The highest BCUT2D eigenvalue weighted by atomic mass is 32.1. The minimum Gasteiger partial charge on any atom is -0.493 e. The number of esters is 1. The molecular formula is C31H32N4O5S. The lowest BCUT2D eigenvalue weighted by Crippen LogP contribution is -2.21. The molecule has 0 spiro atoms. The summed E-state index contributed by atoms with van der Waals surface area (Å²) in [7, 11) is 4.91. The number of hydrogen-bond donors (Lipinski definition) is 2. The molecule has 10 heteroatoms. The average Bonchev–Trinajstić information content (AvgIpc) is 3.66. The minimum absolute atomic E-state index is 0.155. The smallest absolute Gasteiger partial charge is 0.316 e. The highest BCUT2D eigenvalue weighted by Gasteiger charge is 2.52. The molecule has 2 aromatic heterocycles. The third-order valence-electron chi connectivity index (χ3n) is 7.18. The van der Waals surface area contributed by atoms with E-state index in [2.05, 4.69) is 20.6 Å². The Morgan fingerprint density at radius 1 is 1.00 bits per heavy atom. The van der Waals surface area contributed by atoms with Crippen molar-refractivity contribution in [3.05, 3.63) is 83.0 Å². The number of carbonyl (C=O) groups is 2. The summed E-state index contributed by atoms with van der Waals surface area (Å²) < 4.78 is 16.8. The summed E-state index contributed by atoms with van der Waals surface area (Å²) in [5, 5.41) is 8.38. The number of hydrogen-bond acceptors (Lipinski definition) is 9. The molecule has 212 valence electrons. The molecule has 2 aromatic carbocycles. The van der Waals surface area contributed by atoms with Crippen molar-refractivity contribution in [3.8, 4) is 28.5 Å². The maximum absolute atomic E-state index is 12.8. The first kappa shape index (κ1) is 28.3. The minimum atomic E-state index is -0.500. The van der Waals surface area contributed by atoms with Crippen molar-refractivity contribution in [2.75, 3.05) is 33.1 Å². The zero-order chi connectivity index (χ0) is 28.8. The normalized spacial score (nSPS) is 13.3. The van der Waals surface area contributed by atoms with Gasteiger partial charge in [-0.2, -0.15) is 0 Å². The first-order valence-electron chi connectivity index (χ1n) is 13.3. The van der Waals surface area contributed by atoms with E-state index in [0.717, 1.165) is 53.8 Å². The Labute approximate surface area is 242 Å². The second kappa shape index (κ2) is 12.5. The standard InChI is InChI=1S/C31H32N4O5S/c1-32-13-10-21-16-26(38-2)27(17-22(21)18-28(36)35-30-33-14-15-41-30)40-24-8-9-25(34-19-24)20-4-6-23(7-5-20)31(11-12-31)29(37)39-3/h4-9,14-17,19,32H,10-13,18H2,1-3H3,(H,33,35,36). The topological polar surface area (TPSA) is 112 Å². The maximum Gasteiger partial charge on any atom is 0.316 e. The van der Waals surface area contributed by atoms with Gasteiger partial charge in [0.1, 0.15) is 5.75 Å². The summed E-state index contributed by atoms with van der Waals surface area (Å²) in [4.78, 5) is 33.7. The molecule has 2 N–H and O–H groups in total. The zero-order valence-corrected chi connectivity index (χ0v) is 24.0. The predicted octanol–water partition coefficient (Wildman–Crippen LogP) is 5.15. The van der Waals surface area contributed by atoms with Gasteiger partial charge in [0.25, 0.3) is 0 Å². The number of aromatic nitrogens is 2. The van der Waals surface area contributed by atoms with Crippen LogP contribution in [0.5, 0.6) is 17.2 Å². The fourth-order valence-electron chi connectivity index (χ4n) is 4.79. The van der Waals surface area contributed by atoms with E-state index in [0.29, 0.717) is 22.4 Å². The Morgan fingerprint density at radius 2 is 1.78 bits per heavy atom. The van der Waals surface area contributed by atoms with E-state index in [1.54, 1.807) is 19.5 Å². The van der Waals surface area contributed by atoms with Crippen molar-refractivity contribution in [2.24, 2.45) is 0 Å². The number of ether oxygens (including phenoxy) is 3. The zero-order valence-electron chi connectivity index (χ0n) is 23.2. The quantitative estimate of drug-likeness (QED) is 0.224. The van der Waals surface area contributed by atoms with Gasteiger partial charge in [-0.1, -0.05) is 24.3 Å². The lowest BCUT2D eigenvalue weighted by atomic mass is 9.94. The number of rotatable bonds is 12. The van der Waals surface area contributed by atoms with E-state index >= 15 is 0 Å². The van der Waals surface area contributed by atoms with Crippen LogP contribution >= 0.6 is 11.3 Å². The monoisotopic (exact) mass is 572 g/mol. The van der Waals surface area contributed by atoms with Crippen molar-refractivity contribution < 1.29 is 23.8 Å². The fraction of sp³-hybridized carbons (Fsp3) is 0.290. The van der Waals surface area contributed by atoms with E-state index < -0.39 is 5.41 Å². The van der Waals surface area contributed by atoms with Gasteiger partial charge >= 0.3 is 5.97 Å². The number of anilines is 1. The number of methoxy groups -OCH3 is 2. The molecule has 1 aliphatic carbocycles. The van der Waals surface area contributed by atoms with Gasteiger partial charge in [0, 0.05) is 17.1 Å². The number of benzene rings is 2. The Morgan fingerprint density at radius 3 is 2.39 bits per heavy atom. The molecule has 5 rings (SSSR count). The van der Waals surface area contributed by atoms with Crippen molar-refractivity contribution >= 4 is 28.3 Å². The fourth-order valence-corrected chi connectivity index (χ4v) is 5.34. The molecule has 1 amide bonds. The summed E-state index contributed by atoms with van der Waals surface area (Å²) in [6.07, 6.45) is 5.82. The number of amides is 1. The molecule has 0 radical (unpaired) electrons. The highest BCUT2D eigenvalue weighted by molar-refractivity contribution is 7.13. The number of nitrogens with zero attached hydrogens (tertiary/aromatic N) is 2. The number of nitrogens with one attached hydrogen (secondary N) is 2. The van der Waals surface area contributed by atoms with Gasteiger partial charge in [0.05, 0.1) is 37.9 Å². The molecule has 0 unspecified atom stereocenters. The molecule has 0 aliphatic heterocycles. The summed E-state index contributed by atoms with van der Waals surface area (Å²) in [5.41, 5.74) is 4.02. The number of thiazole rings is 1.